The number of nitrogens with one attached hydrogen (secondary N) is 1. The van der Waals surface area contributed by atoms with Gasteiger partial charge in [-0.1, -0.05) is 58.0 Å². The molecule has 0 saturated carbocycles. The molecule has 0 atom stereocenters. The molecule has 0 aliphatic carbocycles. The molecule has 0 heterocycles. The van der Waals surface area contributed by atoms with E-state index in [4.69, 9.17) is 0 Å². The standard InChI is InChI=1S/C12H15N.2C2H6/c1-3-4-8-11(2)13-12-9-6-5-7-10-12;2*1-2/h3-10,13H,1-2H3;2*1-2H3/b4-3-,11-8+;;. The molecule has 96 valence electrons. The molecular formula is C16H27N. The summed E-state index contributed by atoms with van der Waals surface area (Å²) >= 11 is 0. The second kappa shape index (κ2) is 14.5. The first kappa shape index (κ1) is 17.9. The maximum absolute atomic E-state index is 3.29. The topological polar surface area (TPSA) is 12.0 Å². The van der Waals surface area contributed by atoms with Crippen LogP contribution < -0.4 is 5.32 Å². The number of hydrogen-bond donors (Lipinski definition) is 1. The third-order valence-corrected chi connectivity index (χ3v) is 1.65. The summed E-state index contributed by atoms with van der Waals surface area (Å²) in [7, 11) is 0. The van der Waals surface area contributed by atoms with Crippen LogP contribution >= 0.6 is 0 Å². The Bertz CT molecular complexity index is 297. The summed E-state index contributed by atoms with van der Waals surface area (Å²) in [5.41, 5.74) is 2.27. The van der Waals surface area contributed by atoms with Gasteiger partial charge in [-0.2, -0.15) is 0 Å². The van der Waals surface area contributed by atoms with Gasteiger partial charge in [0.2, 0.25) is 0 Å². The molecule has 1 nitrogen and oxygen atoms in total. The molecule has 17 heavy (non-hydrogen) atoms. The van der Waals surface area contributed by atoms with Crippen molar-refractivity contribution in [3.63, 3.8) is 0 Å². The fourth-order valence-corrected chi connectivity index (χ4v) is 1.03. The molecule has 0 radical (unpaired) electrons. The van der Waals surface area contributed by atoms with Crippen molar-refractivity contribution in [3.8, 4) is 0 Å². The highest BCUT2D eigenvalue weighted by atomic mass is 14.9. The first-order valence-electron chi connectivity index (χ1n) is 6.44. The van der Waals surface area contributed by atoms with Crippen molar-refractivity contribution < 1.29 is 0 Å². The fourth-order valence-electron chi connectivity index (χ4n) is 1.03. The summed E-state index contributed by atoms with van der Waals surface area (Å²) in [5, 5.41) is 3.29. The van der Waals surface area contributed by atoms with Gasteiger partial charge in [-0.05, 0) is 32.1 Å². The second-order valence-corrected chi connectivity index (χ2v) is 2.87. The van der Waals surface area contributed by atoms with Gasteiger partial charge in [0, 0.05) is 11.4 Å². The van der Waals surface area contributed by atoms with E-state index < -0.39 is 0 Å². The van der Waals surface area contributed by atoms with Crippen molar-refractivity contribution in [2.24, 2.45) is 0 Å². The molecule has 1 aromatic carbocycles. The normalized spacial score (nSPS) is 9.88. The Morgan fingerprint density at radius 3 is 2.00 bits per heavy atom. The van der Waals surface area contributed by atoms with Crippen LogP contribution in [0.4, 0.5) is 5.69 Å². The number of rotatable bonds is 3. The zero-order valence-electron chi connectivity index (χ0n) is 12.1. The van der Waals surface area contributed by atoms with Gasteiger partial charge in [0.15, 0.2) is 0 Å². The van der Waals surface area contributed by atoms with E-state index in [1.165, 1.54) is 0 Å². The van der Waals surface area contributed by atoms with Crippen molar-refractivity contribution in [2.45, 2.75) is 41.5 Å². The third-order valence-electron chi connectivity index (χ3n) is 1.65. The zero-order chi connectivity index (χ0) is 13.5. The maximum Gasteiger partial charge on any atom is 0.0381 e. The van der Waals surface area contributed by atoms with Gasteiger partial charge >= 0.3 is 0 Å². The van der Waals surface area contributed by atoms with Gasteiger partial charge in [-0.25, -0.2) is 0 Å². The van der Waals surface area contributed by atoms with E-state index in [9.17, 15) is 0 Å². The van der Waals surface area contributed by atoms with Gasteiger partial charge in [0.25, 0.3) is 0 Å². The van der Waals surface area contributed by atoms with Crippen molar-refractivity contribution in [3.05, 3.63) is 54.3 Å². The number of benzene rings is 1. The van der Waals surface area contributed by atoms with Crippen LogP contribution in [0.2, 0.25) is 0 Å². The Labute approximate surface area is 107 Å². The first-order chi connectivity index (χ1) is 8.33. The maximum atomic E-state index is 3.29. The van der Waals surface area contributed by atoms with E-state index >= 15 is 0 Å². The molecule has 0 saturated heterocycles. The zero-order valence-corrected chi connectivity index (χ0v) is 12.1. The average molecular weight is 233 g/mol. The Hall–Kier alpha value is -1.50. The van der Waals surface area contributed by atoms with Crippen LogP contribution in [0.25, 0.3) is 0 Å². The molecule has 0 unspecified atom stereocenters. The average Bonchev–Trinajstić information content (AvgIpc) is 2.42. The smallest absolute Gasteiger partial charge is 0.0381 e. The van der Waals surface area contributed by atoms with Gasteiger partial charge < -0.3 is 5.32 Å². The lowest BCUT2D eigenvalue weighted by Gasteiger charge is -2.04. The van der Waals surface area contributed by atoms with Crippen molar-refractivity contribution in [1.29, 1.82) is 0 Å². The van der Waals surface area contributed by atoms with Crippen LogP contribution in [0.1, 0.15) is 41.5 Å². The van der Waals surface area contributed by atoms with Gasteiger partial charge in [0.1, 0.15) is 0 Å². The second-order valence-electron chi connectivity index (χ2n) is 2.87. The van der Waals surface area contributed by atoms with E-state index in [0.29, 0.717) is 0 Å². The Balaban J connectivity index is 0. The predicted molar refractivity (Wildman–Crippen MR) is 81.3 cm³/mol. The summed E-state index contributed by atoms with van der Waals surface area (Å²) in [6.07, 6.45) is 6.08. The largest absolute Gasteiger partial charge is 0.359 e. The number of anilines is 1. The lowest BCUT2D eigenvalue weighted by atomic mass is 10.3. The van der Waals surface area contributed by atoms with Crippen molar-refractivity contribution in [1.82, 2.24) is 0 Å². The molecule has 0 bridgehead atoms. The van der Waals surface area contributed by atoms with E-state index in [2.05, 4.69) is 5.32 Å². The molecule has 1 heteroatoms. The van der Waals surface area contributed by atoms with Crippen molar-refractivity contribution >= 4 is 5.69 Å². The molecule has 0 spiro atoms. The van der Waals surface area contributed by atoms with Gasteiger partial charge in [-0.15, -0.1) is 0 Å². The molecule has 0 aliphatic rings. The highest BCUT2D eigenvalue weighted by Gasteiger charge is 1.88. The summed E-state index contributed by atoms with van der Waals surface area (Å²) in [6.45, 7) is 12.1. The molecule has 0 aliphatic heterocycles. The van der Waals surface area contributed by atoms with Crippen LogP contribution in [0, 0.1) is 0 Å². The minimum absolute atomic E-state index is 1.13. The van der Waals surface area contributed by atoms with E-state index in [1.54, 1.807) is 0 Å². The molecule has 1 N–H and O–H groups in total. The summed E-state index contributed by atoms with van der Waals surface area (Å²) in [4.78, 5) is 0. The summed E-state index contributed by atoms with van der Waals surface area (Å²) in [6, 6.07) is 10.1. The van der Waals surface area contributed by atoms with Crippen LogP contribution in [-0.2, 0) is 0 Å². The van der Waals surface area contributed by atoms with Gasteiger partial charge in [-0.3, -0.25) is 0 Å². The molecule has 0 amide bonds. The predicted octanol–water partition coefficient (Wildman–Crippen LogP) is 5.63. The highest BCUT2D eigenvalue weighted by Crippen LogP contribution is 2.08. The quantitative estimate of drug-likeness (QED) is 0.667. The van der Waals surface area contributed by atoms with Crippen molar-refractivity contribution in [2.75, 3.05) is 5.32 Å². The molecular weight excluding hydrogens is 206 g/mol. The number of hydrogen-bond acceptors (Lipinski definition) is 1. The third kappa shape index (κ3) is 10.8. The fraction of sp³-hybridized carbons (Fsp3) is 0.375. The molecule has 0 aromatic heterocycles. The minimum Gasteiger partial charge on any atom is -0.359 e. The van der Waals surface area contributed by atoms with Gasteiger partial charge in [0.05, 0.1) is 0 Å². The Morgan fingerprint density at radius 1 is 1.00 bits per heavy atom. The first-order valence-corrected chi connectivity index (χ1v) is 6.44. The Kier molecular flexibility index (Phi) is 15.3. The lowest BCUT2D eigenvalue weighted by Crippen LogP contribution is -1.93. The Morgan fingerprint density at radius 2 is 1.53 bits per heavy atom. The molecule has 0 fully saturated rings. The number of para-hydroxylation sites is 1. The SMILES string of the molecule is C/C=C\C=C(/C)Nc1ccccc1.CC.CC. The van der Waals surface area contributed by atoms with Crippen LogP contribution in [-0.4, -0.2) is 0 Å². The monoisotopic (exact) mass is 233 g/mol. The summed E-state index contributed by atoms with van der Waals surface area (Å²) < 4.78 is 0. The van der Waals surface area contributed by atoms with Crippen LogP contribution in [0.3, 0.4) is 0 Å². The highest BCUT2D eigenvalue weighted by molar-refractivity contribution is 5.47. The lowest BCUT2D eigenvalue weighted by molar-refractivity contribution is 1.37. The van der Waals surface area contributed by atoms with E-state index in [-0.39, 0.29) is 0 Å². The van der Waals surface area contributed by atoms with E-state index in [1.807, 2.05) is 90.1 Å². The molecule has 1 aromatic rings. The van der Waals surface area contributed by atoms with Crippen LogP contribution in [0.15, 0.2) is 54.3 Å². The molecule has 1 rings (SSSR count). The minimum atomic E-state index is 1.13. The summed E-state index contributed by atoms with van der Waals surface area (Å²) in [5.74, 6) is 0. The number of allylic oxidation sites excluding steroid dienone is 4. The van der Waals surface area contributed by atoms with Crippen LogP contribution in [0.5, 0.6) is 0 Å². The van der Waals surface area contributed by atoms with E-state index in [0.717, 1.165) is 11.4 Å².